The minimum atomic E-state index is -0.542. The van der Waals surface area contributed by atoms with Gasteiger partial charge in [0.2, 0.25) is 5.95 Å². The molecule has 1 aliphatic heterocycles. The van der Waals surface area contributed by atoms with Crippen LogP contribution in [-0.4, -0.2) is 53.0 Å². The van der Waals surface area contributed by atoms with Crippen LogP contribution in [0.25, 0.3) is 11.3 Å². The molecule has 0 radical (unpaired) electrons. The molecule has 10 heteroatoms. The summed E-state index contributed by atoms with van der Waals surface area (Å²) in [7, 11) is 0. The summed E-state index contributed by atoms with van der Waals surface area (Å²) in [6, 6.07) is 7.20. The number of anilines is 2. The van der Waals surface area contributed by atoms with Crippen molar-refractivity contribution in [1.82, 2.24) is 15.3 Å². The van der Waals surface area contributed by atoms with Gasteiger partial charge in [0.05, 0.1) is 12.8 Å². The topological polar surface area (TPSA) is 106 Å². The average molecular weight is 486 g/mol. The van der Waals surface area contributed by atoms with E-state index in [1.165, 1.54) is 4.90 Å². The first-order chi connectivity index (χ1) is 16.7. The smallest absolute Gasteiger partial charge is 0.414 e. The number of nitrogens with zero attached hydrogens (tertiary/aromatic N) is 3. The molecule has 2 amide bonds. The van der Waals surface area contributed by atoms with E-state index in [1.54, 1.807) is 24.3 Å². The molecule has 2 fully saturated rings. The Hall–Kier alpha value is -3.43. The van der Waals surface area contributed by atoms with E-state index in [0.29, 0.717) is 30.4 Å². The van der Waals surface area contributed by atoms with Crippen molar-refractivity contribution < 1.29 is 23.5 Å². The second-order valence-electron chi connectivity index (χ2n) is 9.90. The van der Waals surface area contributed by atoms with E-state index >= 15 is 0 Å². The van der Waals surface area contributed by atoms with Crippen LogP contribution in [0, 0.1) is 5.82 Å². The third-order valence-corrected chi connectivity index (χ3v) is 5.93. The van der Waals surface area contributed by atoms with Crippen LogP contribution in [0.1, 0.15) is 52.9 Å². The van der Waals surface area contributed by atoms with Gasteiger partial charge in [0, 0.05) is 29.9 Å². The lowest BCUT2D eigenvalue weighted by Crippen LogP contribution is -2.42. The van der Waals surface area contributed by atoms with E-state index in [2.05, 4.69) is 20.6 Å². The number of rotatable bonds is 5. The van der Waals surface area contributed by atoms with Gasteiger partial charge in [-0.2, -0.15) is 0 Å². The molecule has 2 aromatic rings. The summed E-state index contributed by atoms with van der Waals surface area (Å²) in [5.74, 6) is -0.202. The van der Waals surface area contributed by atoms with Crippen LogP contribution in [0.15, 0.2) is 30.5 Å². The Balaban J connectivity index is 1.39. The van der Waals surface area contributed by atoms with Gasteiger partial charge in [-0.25, -0.2) is 23.9 Å². The van der Waals surface area contributed by atoms with Crippen molar-refractivity contribution in [2.75, 3.05) is 23.4 Å². The van der Waals surface area contributed by atoms with Gasteiger partial charge in [0.15, 0.2) is 5.82 Å². The fourth-order valence-electron chi connectivity index (χ4n) is 4.28. The summed E-state index contributed by atoms with van der Waals surface area (Å²) in [5.41, 5.74) is 0.816. The van der Waals surface area contributed by atoms with E-state index in [1.807, 2.05) is 20.8 Å². The van der Waals surface area contributed by atoms with Crippen LogP contribution in [0.2, 0.25) is 0 Å². The first-order valence-corrected chi connectivity index (χ1v) is 12.0. The lowest BCUT2D eigenvalue weighted by Gasteiger charge is -2.30. The lowest BCUT2D eigenvalue weighted by molar-refractivity contribution is 0.0492. The Morgan fingerprint density at radius 1 is 1.20 bits per heavy atom. The highest BCUT2D eigenvalue weighted by Gasteiger charge is 2.26. The van der Waals surface area contributed by atoms with Crippen molar-refractivity contribution in [3.8, 4) is 11.3 Å². The number of hydrogen-bond acceptors (Lipinski definition) is 7. The Morgan fingerprint density at radius 2 is 1.94 bits per heavy atom. The Bertz CT molecular complexity index is 1070. The predicted octanol–water partition coefficient (Wildman–Crippen LogP) is 4.88. The summed E-state index contributed by atoms with van der Waals surface area (Å²) in [5, 5.41) is 6.22. The van der Waals surface area contributed by atoms with Crippen molar-refractivity contribution in [1.29, 1.82) is 0 Å². The Labute approximate surface area is 204 Å². The number of benzene rings is 1. The molecule has 0 unspecified atom stereocenters. The molecular weight excluding hydrogens is 453 g/mol. The predicted molar refractivity (Wildman–Crippen MR) is 130 cm³/mol. The maximum atomic E-state index is 14.7. The number of aromatic nitrogens is 2. The fourth-order valence-corrected chi connectivity index (χ4v) is 4.28. The monoisotopic (exact) mass is 485 g/mol. The van der Waals surface area contributed by atoms with E-state index < -0.39 is 23.6 Å². The zero-order valence-corrected chi connectivity index (χ0v) is 20.3. The molecule has 35 heavy (non-hydrogen) atoms. The van der Waals surface area contributed by atoms with Crippen molar-refractivity contribution in [3.05, 3.63) is 36.3 Å². The summed E-state index contributed by atoms with van der Waals surface area (Å²) in [6.07, 6.45) is 4.28. The SMILES string of the molecule is CC(C)(C)OC(=O)N[C@H]1CC[C@H](Nc2ncc(F)c(-c3cccc(N4CCCOC4=O)c3)n2)CC1. The maximum absolute atomic E-state index is 14.7. The molecule has 1 saturated carbocycles. The van der Waals surface area contributed by atoms with Gasteiger partial charge in [-0.15, -0.1) is 0 Å². The third-order valence-electron chi connectivity index (χ3n) is 5.93. The molecule has 2 aliphatic rings. The van der Waals surface area contributed by atoms with Crippen molar-refractivity contribution in [3.63, 3.8) is 0 Å². The Morgan fingerprint density at radius 3 is 2.66 bits per heavy atom. The number of carbonyl (C=O) groups excluding carboxylic acids is 2. The van der Waals surface area contributed by atoms with Crippen LogP contribution < -0.4 is 15.5 Å². The zero-order valence-electron chi connectivity index (χ0n) is 20.3. The normalized spacial score (nSPS) is 20.7. The molecule has 1 aliphatic carbocycles. The number of halogens is 1. The summed E-state index contributed by atoms with van der Waals surface area (Å²) in [6.45, 7) is 6.46. The van der Waals surface area contributed by atoms with Crippen LogP contribution in [0.4, 0.5) is 25.6 Å². The Kier molecular flexibility index (Phi) is 7.37. The number of carbonyl (C=O) groups is 2. The molecule has 9 nitrogen and oxygen atoms in total. The molecule has 188 valence electrons. The highest BCUT2D eigenvalue weighted by molar-refractivity contribution is 5.89. The second-order valence-corrected chi connectivity index (χ2v) is 9.90. The first-order valence-electron chi connectivity index (χ1n) is 12.0. The van der Waals surface area contributed by atoms with Crippen molar-refractivity contribution in [2.24, 2.45) is 0 Å². The van der Waals surface area contributed by atoms with Crippen LogP contribution >= 0.6 is 0 Å². The lowest BCUT2D eigenvalue weighted by atomic mass is 9.91. The second kappa shape index (κ2) is 10.5. The molecule has 1 aromatic heterocycles. The molecule has 2 N–H and O–H groups in total. The summed E-state index contributed by atoms with van der Waals surface area (Å²) < 4.78 is 25.1. The van der Waals surface area contributed by atoms with Gasteiger partial charge in [-0.1, -0.05) is 12.1 Å². The molecule has 0 bridgehead atoms. The van der Waals surface area contributed by atoms with Gasteiger partial charge in [0.1, 0.15) is 11.3 Å². The van der Waals surface area contributed by atoms with Crippen LogP contribution in [-0.2, 0) is 9.47 Å². The highest BCUT2D eigenvalue weighted by Crippen LogP contribution is 2.28. The minimum Gasteiger partial charge on any atom is -0.449 e. The van der Waals surface area contributed by atoms with Gasteiger partial charge in [-0.05, 0) is 65.0 Å². The van der Waals surface area contributed by atoms with Crippen molar-refractivity contribution >= 4 is 23.8 Å². The molecule has 4 rings (SSSR count). The number of cyclic esters (lactones) is 1. The number of amides is 2. The molecule has 1 saturated heterocycles. The first kappa shape index (κ1) is 24.7. The van der Waals surface area contributed by atoms with Gasteiger partial charge < -0.3 is 20.1 Å². The molecule has 0 atom stereocenters. The van der Waals surface area contributed by atoms with E-state index in [0.717, 1.165) is 38.3 Å². The highest BCUT2D eigenvalue weighted by atomic mass is 19.1. The largest absolute Gasteiger partial charge is 0.449 e. The standard InChI is InChI=1S/C25H32FN5O4/c1-25(2,3)35-23(32)29-18-10-8-17(9-11-18)28-22-27-15-20(26)21(30-22)16-6-4-7-19(14-16)31-12-5-13-34-24(31)33/h4,6-7,14-15,17-18H,5,8-13H2,1-3H3,(H,29,32)(H,27,28,30)/t17-,18-. The minimum absolute atomic E-state index is 0.0526. The van der Waals surface area contributed by atoms with E-state index in [4.69, 9.17) is 9.47 Å². The maximum Gasteiger partial charge on any atom is 0.414 e. The zero-order chi connectivity index (χ0) is 25.0. The van der Waals surface area contributed by atoms with Crippen LogP contribution in [0.3, 0.4) is 0 Å². The number of nitrogens with one attached hydrogen (secondary N) is 2. The number of alkyl carbamates (subject to hydrolysis) is 1. The molecule has 2 heterocycles. The fraction of sp³-hybridized carbons (Fsp3) is 0.520. The van der Waals surface area contributed by atoms with Gasteiger partial charge in [-0.3, -0.25) is 4.90 Å². The average Bonchev–Trinajstić information content (AvgIpc) is 2.81. The van der Waals surface area contributed by atoms with E-state index in [-0.39, 0.29) is 17.8 Å². The quantitative estimate of drug-likeness (QED) is 0.622. The summed E-state index contributed by atoms with van der Waals surface area (Å²) >= 11 is 0. The number of hydrogen-bond donors (Lipinski definition) is 2. The number of ether oxygens (including phenoxy) is 2. The van der Waals surface area contributed by atoms with Gasteiger partial charge in [0.25, 0.3) is 0 Å². The third kappa shape index (κ3) is 6.58. The van der Waals surface area contributed by atoms with Crippen LogP contribution in [0.5, 0.6) is 0 Å². The van der Waals surface area contributed by atoms with Gasteiger partial charge >= 0.3 is 12.2 Å². The molecule has 1 aromatic carbocycles. The van der Waals surface area contributed by atoms with Crippen molar-refractivity contribution in [2.45, 2.75) is 70.6 Å². The molecule has 0 spiro atoms. The summed E-state index contributed by atoms with van der Waals surface area (Å²) in [4.78, 5) is 34.2. The molecular formula is C25H32FN5O4. The van der Waals surface area contributed by atoms with E-state index in [9.17, 15) is 14.0 Å².